The van der Waals surface area contributed by atoms with E-state index in [9.17, 15) is 4.79 Å². The Bertz CT molecular complexity index is 484. The van der Waals surface area contributed by atoms with Crippen LogP contribution in [-0.4, -0.2) is 24.3 Å². The number of benzene rings is 1. The highest BCUT2D eigenvalue weighted by atomic mass is 79.9. The number of ether oxygens (including phenoxy) is 1. The van der Waals surface area contributed by atoms with Crippen LogP contribution in [0.4, 0.5) is 10.5 Å². The zero-order valence-electron chi connectivity index (χ0n) is 13.4. The molecule has 21 heavy (non-hydrogen) atoms. The van der Waals surface area contributed by atoms with Crippen molar-refractivity contribution in [3.8, 4) is 0 Å². The average molecular weight is 357 g/mol. The molecule has 1 atom stereocenters. The van der Waals surface area contributed by atoms with Crippen LogP contribution in [0.1, 0.15) is 40.2 Å². The second kappa shape index (κ2) is 7.69. The molecule has 1 amide bonds. The fourth-order valence-corrected chi connectivity index (χ4v) is 2.27. The van der Waals surface area contributed by atoms with Gasteiger partial charge in [0.05, 0.1) is 0 Å². The topological polar surface area (TPSA) is 50.4 Å². The van der Waals surface area contributed by atoms with Gasteiger partial charge in [-0.15, -0.1) is 0 Å². The fraction of sp³-hybridized carbons (Fsp3) is 0.562. The van der Waals surface area contributed by atoms with E-state index < -0.39 is 5.60 Å². The van der Waals surface area contributed by atoms with Gasteiger partial charge in [-0.1, -0.05) is 22.9 Å². The van der Waals surface area contributed by atoms with E-state index in [1.165, 1.54) is 5.56 Å². The highest BCUT2D eigenvalue weighted by molar-refractivity contribution is 9.10. The molecule has 1 rings (SSSR count). The van der Waals surface area contributed by atoms with E-state index in [2.05, 4.69) is 39.6 Å². The first kappa shape index (κ1) is 17.8. The molecule has 0 bridgehead atoms. The predicted molar refractivity (Wildman–Crippen MR) is 90.8 cm³/mol. The molecule has 5 heteroatoms. The number of alkyl carbamates (subject to hydrolysis) is 1. The van der Waals surface area contributed by atoms with Crippen molar-refractivity contribution < 1.29 is 9.53 Å². The zero-order valence-corrected chi connectivity index (χ0v) is 15.0. The number of carbonyl (C=O) groups excluding carboxylic acids is 1. The average Bonchev–Trinajstić information content (AvgIpc) is 2.36. The Morgan fingerprint density at radius 2 is 2.05 bits per heavy atom. The molecule has 1 unspecified atom stereocenters. The number of hydrogen-bond donors (Lipinski definition) is 2. The van der Waals surface area contributed by atoms with Crippen molar-refractivity contribution in [3.63, 3.8) is 0 Å². The van der Waals surface area contributed by atoms with E-state index in [1.54, 1.807) is 0 Å². The molecule has 0 radical (unpaired) electrons. The van der Waals surface area contributed by atoms with Crippen LogP contribution in [-0.2, 0) is 11.2 Å². The Kier molecular flexibility index (Phi) is 6.52. The minimum Gasteiger partial charge on any atom is -0.444 e. The van der Waals surface area contributed by atoms with E-state index in [0.29, 0.717) is 6.54 Å². The van der Waals surface area contributed by atoms with Crippen molar-refractivity contribution in [2.75, 3.05) is 11.9 Å². The van der Waals surface area contributed by atoms with Gasteiger partial charge in [-0.2, -0.15) is 0 Å². The molecule has 1 aromatic carbocycles. The van der Waals surface area contributed by atoms with Crippen molar-refractivity contribution >= 4 is 27.7 Å². The van der Waals surface area contributed by atoms with Crippen LogP contribution in [0, 0.1) is 0 Å². The molecular formula is C16H25BrN2O2. The zero-order chi connectivity index (χ0) is 16.0. The summed E-state index contributed by atoms with van der Waals surface area (Å²) < 4.78 is 6.29. The van der Waals surface area contributed by atoms with E-state index in [4.69, 9.17) is 4.74 Å². The normalized spacial score (nSPS) is 12.7. The SMILES string of the molecule is CCc1cc(Br)ccc1NC(C)CNC(=O)OC(C)(C)C. The summed E-state index contributed by atoms with van der Waals surface area (Å²) in [5.74, 6) is 0. The monoisotopic (exact) mass is 356 g/mol. The van der Waals surface area contributed by atoms with Crippen molar-refractivity contribution in [1.29, 1.82) is 0 Å². The van der Waals surface area contributed by atoms with Crippen LogP contribution in [0.25, 0.3) is 0 Å². The third-order valence-corrected chi connectivity index (χ3v) is 3.29. The quantitative estimate of drug-likeness (QED) is 0.824. The van der Waals surface area contributed by atoms with E-state index in [-0.39, 0.29) is 12.1 Å². The van der Waals surface area contributed by atoms with Crippen molar-refractivity contribution in [2.24, 2.45) is 0 Å². The lowest BCUT2D eigenvalue weighted by atomic mass is 10.1. The summed E-state index contributed by atoms with van der Waals surface area (Å²) in [7, 11) is 0. The number of aryl methyl sites for hydroxylation is 1. The summed E-state index contributed by atoms with van der Waals surface area (Å²) in [4.78, 5) is 11.6. The number of halogens is 1. The predicted octanol–water partition coefficient (Wildman–Crippen LogP) is 4.34. The second-order valence-corrected chi connectivity index (χ2v) is 7.00. The molecular weight excluding hydrogens is 332 g/mol. The van der Waals surface area contributed by atoms with Crippen LogP contribution < -0.4 is 10.6 Å². The highest BCUT2D eigenvalue weighted by Crippen LogP contribution is 2.22. The Labute approximate surface area is 135 Å². The maximum absolute atomic E-state index is 11.6. The molecule has 118 valence electrons. The standard InChI is InChI=1S/C16H25BrN2O2/c1-6-12-9-13(17)7-8-14(12)19-11(2)10-18-15(20)21-16(3,4)5/h7-9,11,19H,6,10H2,1-5H3,(H,18,20). The largest absolute Gasteiger partial charge is 0.444 e. The van der Waals surface area contributed by atoms with Gasteiger partial charge in [-0.05, 0) is 57.9 Å². The summed E-state index contributed by atoms with van der Waals surface area (Å²) in [5, 5.41) is 6.19. The van der Waals surface area contributed by atoms with Gasteiger partial charge in [-0.25, -0.2) is 4.79 Å². The lowest BCUT2D eigenvalue weighted by Crippen LogP contribution is -2.38. The Morgan fingerprint density at radius 1 is 1.38 bits per heavy atom. The molecule has 1 aromatic rings. The first-order chi connectivity index (χ1) is 9.71. The van der Waals surface area contributed by atoms with Gasteiger partial charge in [-0.3, -0.25) is 0 Å². The third kappa shape index (κ3) is 6.85. The number of nitrogens with one attached hydrogen (secondary N) is 2. The molecule has 0 aromatic heterocycles. The molecule has 0 aliphatic heterocycles. The summed E-state index contributed by atoms with van der Waals surface area (Å²) in [5.41, 5.74) is 1.87. The van der Waals surface area contributed by atoms with Crippen LogP contribution >= 0.6 is 15.9 Å². The molecule has 4 nitrogen and oxygen atoms in total. The van der Waals surface area contributed by atoms with Crippen LogP contribution in [0.15, 0.2) is 22.7 Å². The maximum Gasteiger partial charge on any atom is 0.407 e. The second-order valence-electron chi connectivity index (χ2n) is 6.08. The van der Waals surface area contributed by atoms with Gasteiger partial charge in [0.1, 0.15) is 5.60 Å². The Balaban J connectivity index is 2.51. The molecule has 2 N–H and O–H groups in total. The van der Waals surface area contributed by atoms with Crippen molar-refractivity contribution in [3.05, 3.63) is 28.2 Å². The minimum atomic E-state index is -0.470. The molecule has 0 saturated carbocycles. The first-order valence-corrected chi connectivity index (χ1v) is 8.02. The fourth-order valence-electron chi connectivity index (χ4n) is 1.86. The number of anilines is 1. The van der Waals surface area contributed by atoms with Crippen LogP contribution in [0.2, 0.25) is 0 Å². The summed E-state index contributed by atoms with van der Waals surface area (Å²) in [6, 6.07) is 6.28. The lowest BCUT2D eigenvalue weighted by molar-refractivity contribution is 0.0526. The Hall–Kier alpha value is -1.23. The van der Waals surface area contributed by atoms with Gasteiger partial charge in [0.15, 0.2) is 0 Å². The lowest BCUT2D eigenvalue weighted by Gasteiger charge is -2.22. The molecule has 0 heterocycles. The van der Waals surface area contributed by atoms with E-state index >= 15 is 0 Å². The summed E-state index contributed by atoms with van der Waals surface area (Å²) in [6.45, 7) is 10.2. The summed E-state index contributed by atoms with van der Waals surface area (Å²) >= 11 is 3.48. The number of carbonyl (C=O) groups is 1. The van der Waals surface area contributed by atoms with Crippen molar-refractivity contribution in [1.82, 2.24) is 5.32 Å². The van der Waals surface area contributed by atoms with Gasteiger partial charge in [0.25, 0.3) is 0 Å². The molecule has 0 aliphatic rings. The van der Waals surface area contributed by atoms with Crippen LogP contribution in [0.5, 0.6) is 0 Å². The van der Waals surface area contributed by atoms with E-state index in [1.807, 2.05) is 39.8 Å². The molecule has 0 aliphatic carbocycles. The van der Waals surface area contributed by atoms with Crippen molar-refractivity contribution in [2.45, 2.75) is 52.7 Å². The third-order valence-electron chi connectivity index (χ3n) is 2.80. The highest BCUT2D eigenvalue weighted by Gasteiger charge is 2.16. The maximum atomic E-state index is 11.6. The Morgan fingerprint density at radius 3 is 2.62 bits per heavy atom. The summed E-state index contributed by atoms with van der Waals surface area (Å²) in [6.07, 6.45) is 0.566. The number of rotatable bonds is 5. The van der Waals surface area contributed by atoms with Gasteiger partial charge in [0.2, 0.25) is 0 Å². The van der Waals surface area contributed by atoms with Crippen LogP contribution in [0.3, 0.4) is 0 Å². The number of amides is 1. The first-order valence-electron chi connectivity index (χ1n) is 7.23. The number of hydrogen-bond acceptors (Lipinski definition) is 3. The van der Waals surface area contributed by atoms with Gasteiger partial charge >= 0.3 is 6.09 Å². The van der Waals surface area contributed by atoms with E-state index in [0.717, 1.165) is 16.6 Å². The van der Waals surface area contributed by atoms with Gasteiger partial charge in [0, 0.05) is 22.7 Å². The smallest absolute Gasteiger partial charge is 0.407 e. The molecule has 0 saturated heterocycles. The van der Waals surface area contributed by atoms with Gasteiger partial charge < -0.3 is 15.4 Å². The minimum absolute atomic E-state index is 0.115. The molecule has 0 spiro atoms. The molecule has 0 fully saturated rings.